The predicted molar refractivity (Wildman–Crippen MR) is 86.7 cm³/mol. The number of nitrogens with one attached hydrogen (secondary N) is 1. The third-order valence-corrected chi connectivity index (χ3v) is 4.06. The second-order valence-electron chi connectivity index (χ2n) is 5.61. The van der Waals surface area contributed by atoms with Gasteiger partial charge in [0.1, 0.15) is 17.9 Å². The average molecular weight is 298 g/mol. The number of aromatic nitrogens is 3. The van der Waals surface area contributed by atoms with Crippen LogP contribution >= 0.6 is 0 Å². The highest BCUT2D eigenvalue weighted by atomic mass is 16.5. The minimum atomic E-state index is 0.656. The predicted octanol–water partition coefficient (Wildman–Crippen LogP) is 2.15. The summed E-state index contributed by atoms with van der Waals surface area (Å²) in [4.78, 5) is 0. The zero-order valence-corrected chi connectivity index (χ0v) is 12.9. The van der Waals surface area contributed by atoms with Gasteiger partial charge in [-0.15, -0.1) is 10.2 Å². The molecule has 3 rings (SSSR count). The summed E-state index contributed by atoms with van der Waals surface area (Å²) in [6.07, 6.45) is 8.30. The molecule has 0 saturated carbocycles. The lowest BCUT2D eigenvalue weighted by atomic mass is 9.99. The molecule has 5 heteroatoms. The first-order chi connectivity index (χ1) is 10.9. The lowest BCUT2D eigenvalue weighted by Crippen LogP contribution is -2.30. The lowest BCUT2D eigenvalue weighted by Gasteiger charge is -2.22. The molecule has 116 valence electrons. The zero-order valence-electron chi connectivity index (χ0n) is 12.9. The quantitative estimate of drug-likeness (QED) is 0.830. The smallest absolute Gasteiger partial charge is 0.132 e. The molecule has 0 radical (unpaired) electrons. The molecule has 1 aromatic heterocycles. The fourth-order valence-corrected chi connectivity index (χ4v) is 2.86. The molecule has 1 N–H and O–H groups in total. The van der Waals surface area contributed by atoms with Crippen molar-refractivity contribution in [2.45, 2.75) is 19.4 Å². The Labute approximate surface area is 131 Å². The van der Waals surface area contributed by atoms with E-state index in [0.717, 1.165) is 43.2 Å². The van der Waals surface area contributed by atoms with Gasteiger partial charge in [-0.05, 0) is 24.9 Å². The van der Waals surface area contributed by atoms with E-state index < -0.39 is 0 Å². The van der Waals surface area contributed by atoms with Gasteiger partial charge < -0.3 is 14.6 Å². The number of rotatable bonds is 6. The molecule has 1 aromatic carbocycles. The van der Waals surface area contributed by atoms with Crippen LogP contribution in [0.2, 0.25) is 0 Å². The van der Waals surface area contributed by atoms with Crippen molar-refractivity contribution in [3.05, 3.63) is 48.1 Å². The Morgan fingerprint density at radius 3 is 3.23 bits per heavy atom. The van der Waals surface area contributed by atoms with Crippen molar-refractivity contribution in [1.29, 1.82) is 0 Å². The Balaban J connectivity index is 1.43. The van der Waals surface area contributed by atoms with Crippen LogP contribution in [0, 0.1) is 5.92 Å². The summed E-state index contributed by atoms with van der Waals surface area (Å²) < 4.78 is 7.50. The molecule has 1 aliphatic heterocycles. The maximum absolute atomic E-state index is 5.34. The van der Waals surface area contributed by atoms with E-state index in [1.165, 1.54) is 6.42 Å². The number of nitrogens with zero attached hydrogens (tertiary/aromatic N) is 3. The van der Waals surface area contributed by atoms with E-state index in [1.54, 1.807) is 7.11 Å². The van der Waals surface area contributed by atoms with Crippen molar-refractivity contribution in [3.63, 3.8) is 0 Å². The van der Waals surface area contributed by atoms with Crippen LogP contribution in [0.25, 0.3) is 6.08 Å². The number of para-hydroxylation sites is 1. The van der Waals surface area contributed by atoms with Crippen LogP contribution in [0.15, 0.2) is 36.7 Å². The first kappa shape index (κ1) is 14.8. The van der Waals surface area contributed by atoms with E-state index in [1.807, 2.05) is 24.5 Å². The van der Waals surface area contributed by atoms with Gasteiger partial charge in [0.05, 0.1) is 7.11 Å². The third kappa shape index (κ3) is 3.54. The van der Waals surface area contributed by atoms with E-state index in [2.05, 4.69) is 38.3 Å². The van der Waals surface area contributed by atoms with Crippen molar-refractivity contribution in [3.8, 4) is 5.75 Å². The highest BCUT2D eigenvalue weighted by molar-refractivity contribution is 5.57. The van der Waals surface area contributed by atoms with Crippen LogP contribution < -0.4 is 10.1 Å². The largest absolute Gasteiger partial charge is 0.496 e. The van der Waals surface area contributed by atoms with Crippen LogP contribution in [0.4, 0.5) is 0 Å². The summed E-state index contributed by atoms with van der Waals surface area (Å²) in [6, 6.07) is 8.04. The van der Waals surface area contributed by atoms with Gasteiger partial charge in [-0.2, -0.15) is 0 Å². The molecule has 5 nitrogen and oxygen atoms in total. The molecule has 0 spiro atoms. The second-order valence-corrected chi connectivity index (χ2v) is 5.61. The van der Waals surface area contributed by atoms with Gasteiger partial charge in [0.25, 0.3) is 0 Å². The van der Waals surface area contributed by atoms with Crippen molar-refractivity contribution < 1.29 is 4.74 Å². The van der Waals surface area contributed by atoms with E-state index in [4.69, 9.17) is 4.74 Å². The summed E-state index contributed by atoms with van der Waals surface area (Å²) in [7, 11) is 1.70. The van der Waals surface area contributed by atoms with Crippen molar-refractivity contribution >= 4 is 6.08 Å². The molecule has 0 fully saturated rings. The molecule has 0 bridgehead atoms. The maximum atomic E-state index is 5.34. The average Bonchev–Trinajstić information content (AvgIpc) is 3.02. The van der Waals surface area contributed by atoms with Gasteiger partial charge in [0.15, 0.2) is 0 Å². The van der Waals surface area contributed by atoms with Crippen LogP contribution in [-0.2, 0) is 13.0 Å². The summed E-state index contributed by atoms with van der Waals surface area (Å²) >= 11 is 0. The number of aryl methyl sites for hydroxylation is 1. The Bertz CT molecular complexity index is 635. The highest BCUT2D eigenvalue weighted by Crippen LogP contribution is 2.19. The first-order valence-corrected chi connectivity index (χ1v) is 7.74. The van der Waals surface area contributed by atoms with Crippen LogP contribution in [0.5, 0.6) is 5.75 Å². The number of ether oxygens (including phenoxy) is 1. The summed E-state index contributed by atoms with van der Waals surface area (Å²) in [5.41, 5.74) is 1.11. The molecule has 2 aromatic rings. The molecule has 2 heterocycles. The number of hydrogen-bond donors (Lipinski definition) is 1. The Kier molecular flexibility index (Phi) is 4.85. The zero-order chi connectivity index (χ0) is 15.2. The number of hydrogen-bond acceptors (Lipinski definition) is 4. The number of benzene rings is 1. The second kappa shape index (κ2) is 7.22. The van der Waals surface area contributed by atoms with Crippen molar-refractivity contribution in [2.75, 3.05) is 20.2 Å². The van der Waals surface area contributed by atoms with Crippen LogP contribution in [-0.4, -0.2) is 35.0 Å². The SMILES string of the molecule is COc1ccccc1/C=C/CNC[C@@H]1CCc2nncn2C1. The molecule has 22 heavy (non-hydrogen) atoms. The summed E-state index contributed by atoms with van der Waals surface area (Å²) in [5.74, 6) is 2.68. The lowest BCUT2D eigenvalue weighted by molar-refractivity contribution is 0.352. The van der Waals surface area contributed by atoms with Gasteiger partial charge in [-0.1, -0.05) is 30.4 Å². The first-order valence-electron chi connectivity index (χ1n) is 7.74. The summed E-state index contributed by atoms with van der Waals surface area (Å²) in [5, 5.41) is 11.6. The Hall–Kier alpha value is -2.14. The van der Waals surface area contributed by atoms with Gasteiger partial charge in [0.2, 0.25) is 0 Å². The normalized spacial score (nSPS) is 17.6. The minimum absolute atomic E-state index is 0.656. The summed E-state index contributed by atoms with van der Waals surface area (Å²) in [6.45, 7) is 2.91. The van der Waals surface area contributed by atoms with Crippen molar-refractivity contribution in [1.82, 2.24) is 20.1 Å². The standard InChI is InChI=1S/C17H22N4O/c1-22-16-7-3-2-5-15(16)6-4-10-18-11-14-8-9-17-20-19-13-21(17)12-14/h2-7,13-14,18H,8-12H2,1H3/b6-4+/t14-/m0/s1. The minimum Gasteiger partial charge on any atom is -0.496 e. The van der Waals surface area contributed by atoms with Crippen molar-refractivity contribution in [2.24, 2.45) is 5.92 Å². The van der Waals surface area contributed by atoms with Gasteiger partial charge in [-0.3, -0.25) is 0 Å². The molecule has 1 atom stereocenters. The molecule has 0 aliphatic carbocycles. The van der Waals surface area contributed by atoms with E-state index in [-0.39, 0.29) is 0 Å². The van der Waals surface area contributed by atoms with Crippen LogP contribution in [0.3, 0.4) is 0 Å². The fourth-order valence-electron chi connectivity index (χ4n) is 2.86. The monoisotopic (exact) mass is 298 g/mol. The molecular weight excluding hydrogens is 276 g/mol. The Morgan fingerprint density at radius 2 is 2.32 bits per heavy atom. The van der Waals surface area contributed by atoms with Gasteiger partial charge in [-0.25, -0.2) is 0 Å². The Morgan fingerprint density at radius 1 is 1.41 bits per heavy atom. The van der Waals surface area contributed by atoms with E-state index in [0.29, 0.717) is 5.92 Å². The highest BCUT2D eigenvalue weighted by Gasteiger charge is 2.18. The molecule has 0 unspecified atom stereocenters. The van der Waals surface area contributed by atoms with Gasteiger partial charge >= 0.3 is 0 Å². The van der Waals surface area contributed by atoms with Crippen LogP contribution in [0.1, 0.15) is 17.8 Å². The van der Waals surface area contributed by atoms with E-state index in [9.17, 15) is 0 Å². The maximum Gasteiger partial charge on any atom is 0.132 e. The number of methoxy groups -OCH3 is 1. The topological polar surface area (TPSA) is 52.0 Å². The number of fused-ring (bicyclic) bond motifs is 1. The molecule has 0 saturated heterocycles. The third-order valence-electron chi connectivity index (χ3n) is 4.06. The molecule has 1 aliphatic rings. The van der Waals surface area contributed by atoms with Gasteiger partial charge in [0, 0.05) is 25.1 Å². The van der Waals surface area contributed by atoms with E-state index >= 15 is 0 Å². The molecular formula is C17H22N4O. The fraction of sp³-hybridized carbons (Fsp3) is 0.412. The molecule has 0 amide bonds.